The fourth-order valence-corrected chi connectivity index (χ4v) is 5.13. The molecule has 3 N–H and O–H groups in total. The van der Waals surface area contributed by atoms with E-state index in [0.717, 1.165) is 47.1 Å². The monoisotopic (exact) mass is 648 g/mol. The zero-order valence-electron chi connectivity index (χ0n) is 28.2. The summed E-state index contributed by atoms with van der Waals surface area (Å²) in [4.78, 5) is 59.2. The van der Waals surface area contributed by atoms with Gasteiger partial charge in [0.25, 0.3) is 5.91 Å². The summed E-state index contributed by atoms with van der Waals surface area (Å²) in [5.41, 5.74) is 5.36. The molecule has 0 spiro atoms. The van der Waals surface area contributed by atoms with Gasteiger partial charge in [0.2, 0.25) is 5.91 Å². The molecule has 1 aromatic heterocycles. The molecule has 48 heavy (non-hydrogen) atoms. The van der Waals surface area contributed by atoms with Crippen molar-refractivity contribution in [3.05, 3.63) is 107 Å². The minimum Gasteiger partial charge on any atom is -0.480 e. The summed E-state index contributed by atoms with van der Waals surface area (Å²) in [6.07, 6.45) is 7.20. The van der Waals surface area contributed by atoms with Gasteiger partial charge in [-0.25, -0.2) is 9.97 Å². The molecular formula is C39H44N4O5. The molecule has 9 heteroatoms. The standard InChI is InChI=1S/C39H44N4O5/c1-6-7-8-9-34(44)28-16-14-27(15-17-28)31-23-40-35(41-24-31)29-12-10-26(11-13-29)22-33(37(46)42-25(2)38(47)48)43-36(45)30-18-20-32(21-19-30)39(3,4)5/h10-21,23-25,33H,6-9,22H2,1-5H3,(H,42,46)(H,43,45)(H,47,48). The number of rotatable bonds is 14. The van der Waals surface area contributed by atoms with Crippen molar-refractivity contribution in [3.8, 4) is 22.5 Å². The molecule has 0 aliphatic carbocycles. The van der Waals surface area contributed by atoms with Crippen LogP contribution >= 0.6 is 0 Å². The van der Waals surface area contributed by atoms with E-state index >= 15 is 0 Å². The normalized spacial score (nSPS) is 12.5. The molecule has 4 rings (SSSR count). The number of ketones is 1. The van der Waals surface area contributed by atoms with E-state index in [9.17, 15) is 24.3 Å². The number of hydrogen-bond donors (Lipinski definition) is 3. The number of carboxylic acids is 1. The summed E-state index contributed by atoms with van der Waals surface area (Å²) in [5, 5.41) is 14.6. The van der Waals surface area contributed by atoms with Gasteiger partial charge in [-0.05, 0) is 47.6 Å². The molecule has 3 aromatic carbocycles. The van der Waals surface area contributed by atoms with Crippen LogP contribution in [0.25, 0.3) is 22.5 Å². The maximum atomic E-state index is 13.2. The second kappa shape index (κ2) is 16.1. The molecule has 0 aliphatic rings. The van der Waals surface area contributed by atoms with Gasteiger partial charge in [-0.1, -0.05) is 101 Å². The Morgan fingerprint density at radius 3 is 1.90 bits per heavy atom. The van der Waals surface area contributed by atoms with Crippen LogP contribution in [0.4, 0.5) is 0 Å². The Balaban J connectivity index is 1.45. The van der Waals surface area contributed by atoms with Crippen molar-refractivity contribution in [2.45, 2.75) is 84.2 Å². The van der Waals surface area contributed by atoms with Crippen LogP contribution < -0.4 is 10.6 Å². The maximum absolute atomic E-state index is 13.2. The molecule has 4 aromatic rings. The average Bonchev–Trinajstić information content (AvgIpc) is 3.08. The Hall–Kier alpha value is -5.18. The smallest absolute Gasteiger partial charge is 0.325 e. The van der Waals surface area contributed by atoms with Crippen molar-refractivity contribution in [3.63, 3.8) is 0 Å². The quantitative estimate of drug-likeness (QED) is 0.101. The fraction of sp³-hybridized carbons (Fsp3) is 0.333. The Morgan fingerprint density at radius 1 is 0.750 bits per heavy atom. The molecule has 0 saturated heterocycles. The second-order valence-electron chi connectivity index (χ2n) is 13.1. The molecule has 0 fully saturated rings. The molecule has 2 amide bonds. The third kappa shape index (κ3) is 9.67. The van der Waals surface area contributed by atoms with Crippen molar-refractivity contribution in [1.82, 2.24) is 20.6 Å². The number of Topliss-reactive ketones (excluding diaryl/α,β-unsaturated/α-hetero) is 1. The van der Waals surface area contributed by atoms with Crippen LogP contribution in [0, 0.1) is 0 Å². The van der Waals surface area contributed by atoms with Crippen LogP contribution in [0.15, 0.2) is 85.2 Å². The molecule has 0 radical (unpaired) electrons. The number of nitrogens with one attached hydrogen (secondary N) is 2. The molecule has 9 nitrogen and oxygen atoms in total. The van der Waals surface area contributed by atoms with Gasteiger partial charge < -0.3 is 15.7 Å². The van der Waals surface area contributed by atoms with Gasteiger partial charge in [-0.15, -0.1) is 0 Å². The van der Waals surface area contributed by atoms with Crippen LogP contribution in [0.2, 0.25) is 0 Å². The van der Waals surface area contributed by atoms with Crippen LogP contribution in [0.3, 0.4) is 0 Å². The van der Waals surface area contributed by atoms with Gasteiger partial charge in [0.1, 0.15) is 12.1 Å². The molecule has 2 atom stereocenters. The number of aliphatic carboxylic acids is 1. The first-order chi connectivity index (χ1) is 22.8. The first kappa shape index (κ1) is 35.7. The number of benzene rings is 3. The summed E-state index contributed by atoms with van der Waals surface area (Å²) < 4.78 is 0. The Bertz CT molecular complexity index is 1710. The lowest BCUT2D eigenvalue weighted by Gasteiger charge is -2.21. The van der Waals surface area contributed by atoms with Crippen molar-refractivity contribution < 1.29 is 24.3 Å². The molecule has 0 saturated carbocycles. The van der Waals surface area contributed by atoms with E-state index in [2.05, 4.69) is 48.3 Å². The number of carbonyl (C=O) groups is 4. The van der Waals surface area contributed by atoms with Crippen molar-refractivity contribution in [2.24, 2.45) is 0 Å². The summed E-state index contributed by atoms with van der Waals surface area (Å²) in [6.45, 7) is 9.73. The predicted octanol–water partition coefficient (Wildman–Crippen LogP) is 6.80. The number of carboxylic acid groups (broad SMARTS) is 1. The van der Waals surface area contributed by atoms with Gasteiger partial charge in [0.15, 0.2) is 11.6 Å². The first-order valence-corrected chi connectivity index (χ1v) is 16.3. The largest absolute Gasteiger partial charge is 0.480 e. The zero-order chi connectivity index (χ0) is 34.8. The molecular weight excluding hydrogens is 604 g/mol. The van der Waals surface area contributed by atoms with E-state index in [1.54, 1.807) is 24.5 Å². The summed E-state index contributed by atoms with van der Waals surface area (Å²) in [6, 6.07) is 19.9. The number of unbranched alkanes of at least 4 members (excludes halogenated alkanes) is 2. The molecule has 0 aliphatic heterocycles. The predicted molar refractivity (Wildman–Crippen MR) is 187 cm³/mol. The van der Waals surface area contributed by atoms with Gasteiger partial charge in [-0.3, -0.25) is 19.2 Å². The zero-order valence-corrected chi connectivity index (χ0v) is 28.2. The molecule has 2 unspecified atom stereocenters. The lowest BCUT2D eigenvalue weighted by Crippen LogP contribution is -2.51. The van der Waals surface area contributed by atoms with Crippen molar-refractivity contribution >= 4 is 23.6 Å². The third-order valence-electron chi connectivity index (χ3n) is 8.22. The molecule has 0 bridgehead atoms. The van der Waals surface area contributed by atoms with Gasteiger partial charge in [-0.2, -0.15) is 0 Å². The molecule has 250 valence electrons. The van der Waals surface area contributed by atoms with E-state index < -0.39 is 29.9 Å². The van der Waals surface area contributed by atoms with E-state index in [4.69, 9.17) is 0 Å². The highest BCUT2D eigenvalue weighted by atomic mass is 16.4. The number of carbonyl (C=O) groups excluding carboxylic acids is 3. The van der Waals surface area contributed by atoms with Gasteiger partial charge in [0.05, 0.1) is 0 Å². The Labute approximate surface area is 282 Å². The second-order valence-corrected chi connectivity index (χ2v) is 13.1. The summed E-state index contributed by atoms with van der Waals surface area (Å²) in [7, 11) is 0. The highest BCUT2D eigenvalue weighted by molar-refractivity contribution is 5.98. The molecule has 1 heterocycles. The first-order valence-electron chi connectivity index (χ1n) is 16.3. The number of amides is 2. The lowest BCUT2D eigenvalue weighted by atomic mass is 9.86. The minimum absolute atomic E-state index is 0.0776. The number of hydrogen-bond acceptors (Lipinski definition) is 6. The summed E-state index contributed by atoms with van der Waals surface area (Å²) in [5.74, 6) is -1.53. The van der Waals surface area contributed by atoms with Crippen LogP contribution in [-0.4, -0.2) is 50.7 Å². The highest BCUT2D eigenvalue weighted by Crippen LogP contribution is 2.24. The van der Waals surface area contributed by atoms with E-state index in [-0.39, 0.29) is 17.6 Å². The van der Waals surface area contributed by atoms with Gasteiger partial charge in [0, 0.05) is 47.5 Å². The van der Waals surface area contributed by atoms with E-state index in [1.165, 1.54) is 6.92 Å². The van der Waals surface area contributed by atoms with E-state index in [0.29, 0.717) is 23.4 Å². The summed E-state index contributed by atoms with van der Waals surface area (Å²) >= 11 is 0. The lowest BCUT2D eigenvalue weighted by molar-refractivity contribution is -0.141. The van der Waals surface area contributed by atoms with E-state index in [1.807, 2.05) is 60.7 Å². The Kier molecular flexibility index (Phi) is 12.0. The average molecular weight is 649 g/mol. The topological polar surface area (TPSA) is 138 Å². The van der Waals surface area contributed by atoms with Crippen molar-refractivity contribution in [2.75, 3.05) is 0 Å². The number of aromatic nitrogens is 2. The van der Waals surface area contributed by atoms with Crippen molar-refractivity contribution in [1.29, 1.82) is 0 Å². The Morgan fingerprint density at radius 2 is 1.33 bits per heavy atom. The number of nitrogens with zero attached hydrogens (tertiary/aromatic N) is 2. The van der Waals surface area contributed by atoms with Crippen LogP contribution in [0.1, 0.15) is 92.1 Å². The SMILES string of the molecule is CCCCCC(=O)c1ccc(-c2cnc(-c3ccc(CC(NC(=O)c4ccc(C(C)(C)C)cc4)C(=O)NC(C)C(=O)O)cc3)nc2)cc1. The van der Waals surface area contributed by atoms with Gasteiger partial charge >= 0.3 is 5.97 Å². The minimum atomic E-state index is -1.17. The fourth-order valence-electron chi connectivity index (χ4n) is 5.13. The highest BCUT2D eigenvalue weighted by Gasteiger charge is 2.25. The van der Waals surface area contributed by atoms with Crippen LogP contribution in [0.5, 0.6) is 0 Å². The van der Waals surface area contributed by atoms with Crippen LogP contribution in [-0.2, 0) is 21.4 Å². The maximum Gasteiger partial charge on any atom is 0.325 e. The third-order valence-corrected chi connectivity index (χ3v) is 8.22.